The molecule has 1 aliphatic heterocycles. The van der Waals surface area contributed by atoms with Crippen LogP contribution in [0, 0.1) is 5.92 Å². The van der Waals surface area contributed by atoms with Crippen LogP contribution >= 0.6 is 0 Å². The van der Waals surface area contributed by atoms with E-state index in [2.05, 4.69) is 14.3 Å². The highest BCUT2D eigenvalue weighted by atomic mass is 32.2. The first-order valence-corrected chi connectivity index (χ1v) is 11.2. The van der Waals surface area contributed by atoms with Crippen LogP contribution in [0.4, 0.5) is 0 Å². The molecule has 2 aromatic rings. The van der Waals surface area contributed by atoms with Gasteiger partial charge >= 0.3 is 0 Å². The Morgan fingerprint density at radius 3 is 2.38 bits per heavy atom. The smallest absolute Gasteiger partial charge is 0.241 e. The Labute approximate surface area is 171 Å². The molecule has 1 amide bonds. The van der Waals surface area contributed by atoms with Gasteiger partial charge in [0.2, 0.25) is 15.9 Å². The molecule has 1 aliphatic rings. The van der Waals surface area contributed by atoms with Gasteiger partial charge in [0.1, 0.15) is 11.8 Å². The molecule has 1 aromatic carbocycles. The van der Waals surface area contributed by atoms with Gasteiger partial charge in [-0.05, 0) is 43.0 Å². The van der Waals surface area contributed by atoms with Crippen molar-refractivity contribution in [1.82, 2.24) is 19.2 Å². The second-order valence-corrected chi connectivity index (χ2v) is 9.30. The van der Waals surface area contributed by atoms with Gasteiger partial charge in [-0.2, -0.15) is 4.72 Å². The van der Waals surface area contributed by atoms with Crippen molar-refractivity contribution in [2.24, 2.45) is 5.92 Å². The fourth-order valence-corrected chi connectivity index (χ4v) is 4.87. The number of nitrogens with zero attached hydrogens (tertiary/aromatic N) is 3. The molecule has 0 saturated carbocycles. The molecule has 29 heavy (non-hydrogen) atoms. The second kappa shape index (κ2) is 8.96. The minimum Gasteiger partial charge on any atom is -0.497 e. The van der Waals surface area contributed by atoms with E-state index in [-0.39, 0.29) is 16.7 Å². The van der Waals surface area contributed by atoms with Crippen LogP contribution in [0.3, 0.4) is 0 Å². The summed E-state index contributed by atoms with van der Waals surface area (Å²) < 4.78 is 35.4. The van der Waals surface area contributed by atoms with Crippen LogP contribution in [0.5, 0.6) is 5.75 Å². The molecule has 8 nitrogen and oxygen atoms in total. The molecule has 0 spiro atoms. The number of likely N-dealkylation sites (tertiary alicyclic amines) is 1. The number of aromatic nitrogens is 2. The van der Waals surface area contributed by atoms with E-state index >= 15 is 0 Å². The second-order valence-electron chi connectivity index (χ2n) is 7.58. The number of piperidine rings is 1. The quantitative estimate of drug-likeness (QED) is 0.740. The Morgan fingerprint density at radius 1 is 1.21 bits per heavy atom. The van der Waals surface area contributed by atoms with Crippen molar-refractivity contribution < 1.29 is 17.9 Å². The van der Waals surface area contributed by atoms with Crippen LogP contribution in [0.15, 0.2) is 47.9 Å². The predicted octanol–water partition coefficient (Wildman–Crippen LogP) is 2.06. The van der Waals surface area contributed by atoms with E-state index < -0.39 is 16.1 Å². The fourth-order valence-electron chi connectivity index (χ4n) is 3.53. The van der Waals surface area contributed by atoms with Crippen LogP contribution in [-0.4, -0.2) is 55.0 Å². The van der Waals surface area contributed by atoms with E-state index in [4.69, 9.17) is 4.74 Å². The maximum absolute atomic E-state index is 13.1. The van der Waals surface area contributed by atoms with Crippen molar-refractivity contribution in [2.45, 2.75) is 43.7 Å². The lowest BCUT2D eigenvalue weighted by molar-refractivity contribution is -0.135. The summed E-state index contributed by atoms with van der Waals surface area (Å²) in [5.74, 6) is 0.212. The highest BCUT2D eigenvalue weighted by Gasteiger charge is 2.33. The number of amides is 1. The molecule has 9 heteroatoms. The number of rotatable bonds is 7. The molecule has 3 rings (SSSR count). The van der Waals surface area contributed by atoms with E-state index in [1.165, 1.54) is 19.2 Å². The monoisotopic (exact) mass is 420 g/mol. The molecule has 0 unspecified atom stereocenters. The summed E-state index contributed by atoms with van der Waals surface area (Å²) in [7, 11) is -2.31. The topological polar surface area (TPSA) is 93.5 Å². The predicted molar refractivity (Wildman–Crippen MR) is 109 cm³/mol. The number of nitrogens with one attached hydrogen (secondary N) is 1. The van der Waals surface area contributed by atoms with Gasteiger partial charge in [0, 0.05) is 31.5 Å². The average molecular weight is 421 g/mol. The van der Waals surface area contributed by atoms with E-state index in [1.807, 2.05) is 20.0 Å². The number of methoxy groups -OCH3 is 1. The van der Waals surface area contributed by atoms with Crippen molar-refractivity contribution in [2.75, 3.05) is 20.2 Å². The third-order valence-electron chi connectivity index (χ3n) is 5.31. The zero-order valence-electron chi connectivity index (χ0n) is 17.0. The van der Waals surface area contributed by atoms with Crippen molar-refractivity contribution in [3.05, 3.63) is 43.0 Å². The lowest BCUT2D eigenvalue weighted by Gasteiger charge is -2.35. The van der Waals surface area contributed by atoms with Crippen molar-refractivity contribution in [3.8, 4) is 5.75 Å². The number of hydrogen-bond donors (Lipinski definition) is 1. The lowest BCUT2D eigenvalue weighted by Crippen LogP contribution is -2.52. The van der Waals surface area contributed by atoms with E-state index in [1.54, 1.807) is 29.6 Å². The van der Waals surface area contributed by atoms with E-state index in [0.29, 0.717) is 24.9 Å². The average Bonchev–Trinajstić information content (AvgIpc) is 3.26. The Hall–Kier alpha value is -2.39. The van der Waals surface area contributed by atoms with Gasteiger partial charge in [-0.15, -0.1) is 0 Å². The van der Waals surface area contributed by atoms with Crippen LogP contribution < -0.4 is 9.46 Å². The first kappa shape index (κ1) is 21.3. The standard InChI is InChI=1S/C20H28N4O4S/c1-15(2)19(22-29(26,27)18-6-4-17(28-3)5-7-18)20(25)23-11-8-16(9-12-23)24-13-10-21-14-24/h4-7,10,13-16,19,22H,8-9,11-12H2,1-3H3/t19-/m0/s1. The number of carbonyl (C=O) groups excluding carboxylic acids is 1. The molecule has 2 heterocycles. The number of imidazole rings is 1. The number of carbonyl (C=O) groups is 1. The van der Waals surface area contributed by atoms with Gasteiger partial charge in [-0.25, -0.2) is 13.4 Å². The number of ether oxygens (including phenoxy) is 1. The van der Waals surface area contributed by atoms with Gasteiger partial charge in [-0.1, -0.05) is 13.8 Å². The summed E-state index contributed by atoms with van der Waals surface area (Å²) >= 11 is 0. The zero-order chi connectivity index (χ0) is 21.0. The van der Waals surface area contributed by atoms with Gasteiger partial charge in [-0.3, -0.25) is 4.79 Å². The Bertz CT molecular complexity index is 902. The van der Waals surface area contributed by atoms with Crippen molar-refractivity contribution in [1.29, 1.82) is 0 Å². The molecule has 0 radical (unpaired) electrons. The highest BCUT2D eigenvalue weighted by molar-refractivity contribution is 7.89. The van der Waals surface area contributed by atoms with Crippen molar-refractivity contribution in [3.63, 3.8) is 0 Å². The summed E-state index contributed by atoms with van der Waals surface area (Å²) in [6.45, 7) is 4.87. The molecule has 158 valence electrons. The van der Waals surface area contributed by atoms with E-state index in [0.717, 1.165) is 12.8 Å². The normalized spacial score (nSPS) is 16.8. The van der Waals surface area contributed by atoms with Gasteiger partial charge < -0.3 is 14.2 Å². The number of sulfonamides is 1. The van der Waals surface area contributed by atoms with E-state index in [9.17, 15) is 13.2 Å². The van der Waals surface area contributed by atoms with Gasteiger partial charge in [0.15, 0.2) is 0 Å². The Balaban J connectivity index is 1.68. The summed E-state index contributed by atoms with van der Waals surface area (Å²) in [5, 5.41) is 0. The third-order valence-corrected chi connectivity index (χ3v) is 6.76. The molecule has 0 bridgehead atoms. The minimum atomic E-state index is -3.82. The summed E-state index contributed by atoms with van der Waals surface area (Å²) in [6, 6.07) is 5.62. The summed E-state index contributed by atoms with van der Waals surface area (Å²) in [5.41, 5.74) is 0. The fraction of sp³-hybridized carbons (Fsp3) is 0.500. The third kappa shape index (κ3) is 4.97. The van der Waals surface area contributed by atoms with Crippen LogP contribution in [0.1, 0.15) is 32.7 Å². The molecule has 1 fully saturated rings. The van der Waals surface area contributed by atoms with Gasteiger partial charge in [0.05, 0.1) is 18.3 Å². The first-order chi connectivity index (χ1) is 13.8. The Kier molecular flexibility index (Phi) is 6.59. The largest absolute Gasteiger partial charge is 0.497 e. The molecule has 1 saturated heterocycles. The molecular formula is C20H28N4O4S. The summed E-state index contributed by atoms with van der Waals surface area (Å²) in [4.78, 5) is 19.0. The highest BCUT2D eigenvalue weighted by Crippen LogP contribution is 2.24. The zero-order valence-corrected chi connectivity index (χ0v) is 17.8. The Morgan fingerprint density at radius 2 is 1.86 bits per heavy atom. The van der Waals surface area contributed by atoms with Crippen LogP contribution in [-0.2, 0) is 14.8 Å². The first-order valence-electron chi connectivity index (χ1n) is 9.74. The molecule has 1 aromatic heterocycles. The number of hydrogen-bond acceptors (Lipinski definition) is 5. The van der Waals surface area contributed by atoms with Crippen LogP contribution in [0.2, 0.25) is 0 Å². The molecule has 1 atom stereocenters. The lowest BCUT2D eigenvalue weighted by atomic mass is 10.0. The maximum Gasteiger partial charge on any atom is 0.241 e. The van der Waals surface area contributed by atoms with Crippen molar-refractivity contribution >= 4 is 15.9 Å². The van der Waals surface area contributed by atoms with Gasteiger partial charge in [0.25, 0.3) is 0 Å². The van der Waals surface area contributed by atoms with Crippen LogP contribution in [0.25, 0.3) is 0 Å². The summed E-state index contributed by atoms with van der Waals surface area (Å²) in [6.07, 6.45) is 7.11. The number of benzene rings is 1. The SMILES string of the molecule is COc1ccc(S(=O)(=O)N[C@H](C(=O)N2CCC(n3ccnc3)CC2)C(C)C)cc1. The molecule has 1 N–H and O–H groups in total. The molecule has 0 aliphatic carbocycles. The minimum absolute atomic E-state index is 0.107. The maximum atomic E-state index is 13.1. The molecular weight excluding hydrogens is 392 g/mol.